The van der Waals surface area contributed by atoms with Gasteiger partial charge in [0.25, 0.3) is 5.56 Å². The van der Waals surface area contributed by atoms with Crippen LogP contribution in [0, 0.1) is 0 Å². The van der Waals surface area contributed by atoms with Crippen molar-refractivity contribution in [3.05, 3.63) is 70.1 Å². The molecule has 2 aromatic rings. The highest BCUT2D eigenvalue weighted by Gasteiger charge is 2.04. The fourth-order valence-corrected chi connectivity index (χ4v) is 2.31. The molecule has 2 rings (SSSR count). The van der Waals surface area contributed by atoms with Crippen molar-refractivity contribution in [1.29, 1.82) is 0 Å². The van der Waals surface area contributed by atoms with Crippen molar-refractivity contribution in [1.82, 2.24) is 4.57 Å². The molecule has 3 nitrogen and oxygen atoms in total. The summed E-state index contributed by atoms with van der Waals surface area (Å²) in [5, 5.41) is 0. The van der Waals surface area contributed by atoms with Crippen LogP contribution in [0.3, 0.4) is 0 Å². The van der Waals surface area contributed by atoms with Gasteiger partial charge in [0, 0.05) is 12.7 Å². The zero-order valence-corrected chi connectivity index (χ0v) is 12.1. The van der Waals surface area contributed by atoms with Crippen LogP contribution in [0.15, 0.2) is 53.5 Å². The van der Waals surface area contributed by atoms with Crippen LogP contribution in [0.5, 0.6) is 0 Å². The summed E-state index contributed by atoms with van der Waals surface area (Å²) >= 11 is 4.87. The molecule has 1 heterocycles. The van der Waals surface area contributed by atoms with Crippen LogP contribution in [0.4, 0.5) is 0 Å². The lowest BCUT2D eigenvalue weighted by molar-refractivity contribution is 0.593. The van der Waals surface area contributed by atoms with Crippen molar-refractivity contribution in [3.8, 4) is 0 Å². The molecule has 0 saturated heterocycles. The van der Waals surface area contributed by atoms with Crippen molar-refractivity contribution in [2.24, 2.45) is 5.73 Å². The Balaban J connectivity index is 1.90. The van der Waals surface area contributed by atoms with E-state index in [4.69, 9.17) is 18.0 Å². The van der Waals surface area contributed by atoms with Crippen LogP contribution in [-0.2, 0) is 13.0 Å². The van der Waals surface area contributed by atoms with E-state index in [1.165, 1.54) is 5.56 Å². The number of rotatable bonds is 6. The first-order chi connectivity index (χ1) is 9.68. The molecule has 0 aliphatic rings. The predicted molar refractivity (Wildman–Crippen MR) is 86.0 cm³/mol. The fourth-order valence-electron chi connectivity index (χ4n) is 2.16. The minimum atomic E-state index is -0.0975. The lowest BCUT2D eigenvalue weighted by atomic mass is 10.1. The molecule has 2 N–H and O–H groups in total. The Hall–Kier alpha value is -1.94. The van der Waals surface area contributed by atoms with Gasteiger partial charge in [0.1, 0.15) is 4.99 Å². The van der Waals surface area contributed by atoms with Gasteiger partial charge in [-0.05, 0) is 37.0 Å². The van der Waals surface area contributed by atoms with Crippen LogP contribution >= 0.6 is 12.2 Å². The molecular formula is C16H18N2OS. The molecule has 0 unspecified atom stereocenters. The lowest BCUT2D eigenvalue weighted by Crippen LogP contribution is -2.28. The number of pyridine rings is 1. The van der Waals surface area contributed by atoms with E-state index in [0.29, 0.717) is 12.1 Å². The van der Waals surface area contributed by atoms with Gasteiger partial charge in [-0.25, -0.2) is 0 Å². The number of aromatic nitrogens is 1. The van der Waals surface area contributed by atoms with Crippen molar-refractivity contribution in [2.45, 2.75) is 25.8 Å². The molecule has 0 amide bonds. The maximum absolute atomic E-state index is 12.1. The van der Waals surface area contributed by atoms with Crippen LogP contribution in [0.25, 0.3) is 0 Å². The minimum absolute atomic E-state index is 0.0975. The zero-order valence-electron chi connectivity index (χ0n) is 11.3. The van der Waals surface area contributed by atoms with E-state index >= 15 is 0 Å². The highest BCUT2D eigenvalue weighted by molar-refractivity contribution is 7.80. The van der Waals surface area contributed by atoms with E-state index in [-0.39, 0.29) is 10.5 Å². The summed E-state index contributed by atoms with van der Waals surface area (Å²) in [5.74, 6) is 0. The largest absolute Gasteiger partial charge is 0.389 e. The smallest absolute Gasteiger partial charge is 0.260 e. The monoisotopic (exact) mass is 286 g/mol. The lowest BCUT2D eigenvalue weighted by Gasteiger charge is -2.07. The molecule has 4 heteroatoms. The third-order valence-electron chi connectivity index (χ3n) is 3.24. The topological polar surface area (TPSA) is 48.0 Å². The summed E-state index contributed by atoms with van der Waals surface area (Å²) in [6.45, 7) is 0.697. The molecule has 0 spiro atoms. The van der Waals surface area contributed by atoms with Crippen molar-refractivity contribution in [3.63, 3.8) is 0 Å². The Kier molecular flexibility index (Phi) is 5.07. The number of aryl methyl sites for hydroxylation is 2. The summed E-state index contributed by atoms with van der Waals surface area (Å²) in [6.07, 6.45) is 4.82. The molecule has 0 radical (unpaired) electrons. The highest BCUT2D eigenvalue weighted by Crippen LogP contribution is 2.05. The normalized spacial score (nSPS) is 10.4. The second-order valence-corrected chi connectivity index (χ2v) is 5.17. The minimum Gasteiger partial charge on any atom is -0.389 e. The summed E-state index contributed by atoms with van der Waals surface area (Å²) in [6, 6.07) is 13.8. The van der Waals surface area contributed by atoms with Gasteiger partial charge < -0.3 is 10.3 Å². The Morgan fingerprint density at radius 3 is 2.55 bits per heavy atom. The first-order valence-corrected chi connectivity index (χ1v) is 7.12. The number of unbranched alkanes of at least 4 members (excludes halogenated alkanes) is 1. The summed E-state index contributed by atoms with van der Waals surface area (Å²) < 4.78 is 1.68. The van der Waals surface area contributed by atoms with E-state index in [9.17, 15) is 4.79 Å². The molecule has 0 saturated carbocycles. The van der Waals surface area contributed by atoms with E-state index in [1.54, 1.807) is 16.8 Å². The van der Waals surface area contributed by atoms with Crippen molar-refractivity contribution >= 4 is 17.2 Å². The number of nitrogens with zero attached hydrogens (tertiary/aromatic N) is 1. The average molecular weight is 286 g/mol. The summed E-state index contributed by atoms with van der Waals surface area (Å²) in [7, 11) is 0. The van der Waals surface area contributed by atoms with Gasteiger partial charge >= 0.3 is 0 Å². The third kappa shape index (κ3) is 3.78. The molecule has 0 fully saturated rings. The third-order valence-corrected chi connectivity index (χ3v) is 3.46. The maximum atomic E-state index is 12.1. The average Bonchev–Trinajstić information content (AvgIpc) is 2.46. The Morgan fingerprint density at radius 1 is 1.10 bits per heavy atom. The zero-order chi connectivity index (χ0) is 14.4. The number of benzene rings is 1. The number of nitrogens with two attached hydrogens (primary N) is 1. The van der Waals surface area contributed by atoms with E-state index in [0.717, 1.165) is 19.3 Å². The number of hydrogen-bond acceptors (Lipinski definition) is 2. The van der Waals surface area contributed by atoms with Gasteiger partial charge in [-0.2, -0.15) is 0 Å². The quantitative estimate of drug-likeness (QED) is 0.655. The molecule has 0 bridgehead atoms. The van der Waals surface area contributed by atoms with E-state index in [2.05, 4.69) is 12.1 Å². The van der Waals surface area contributed by atoms with Crippen LogP contribution < -0.4 is 11.3 Å². The first kappa shape index (κ1) is 14.5. The summed E-state index contributed by atoms with van der Waals surface area (Å²) in [5.41, 5.74) is 7.19. The van der Waals surface area contributed by atoms with Gasteiger partial charge in [0.2, 0.25) is 0 Å². The second kappa shape index (κ2) is 7.01. The Bertz CT molecular complexity index is 634. The van der Waals surface area contributed by atoms with Crippen LogP contribution in [-0.4, -0.2) is 9.56 Å². The molecular weight excluding hydrogens is 268 g/mol. The maximum Gasteiger partial charge on any atom is 0.260 e. The van der Waals surface area contributed by atoms with E-state index in [1.807, 2.05) is 24.3 Å². The predicted octanol–water partition coefficient (Wildman–Crippen LogP) is 2.51. The van der Waals surface area contributed by atoms with Crippen molar-refractivity contribution in [2.75, 3.05) is 0 Å². The van der Waals surface area contributed by atoms with Crippen molar-refractivity contribution < 1.29 is 0 Å². The van der Waals surface area contributed by atoms with Gasteiger partial charge in [-0.15, -0.1) is 0 Å². The Labute approximate surface area is 124 Å². The van der Waals surface area contributed by atoms with Gasteiger partial charge in [-0.1, -0.05) is 42.5 Å². The highest BCUT2D eigenvalue weighted by atomic mass is 32.1. The van der Waals surface area contributed by atoms with Gasteiger partial charge in [-0.3, -0.25) is 4.79 Å². The fraction of sp³-hybridized carbons (Fsp3) is 0.250. The van der Waals surface area contributed by atoms with Crippen LogP contribution in [0.1, 0.15) is 24.0 Å². The standard InChI is InChI=1S/C16H18N2OS/c17-15(20)14-10-6-12-18(16(14)19)11-5-4-9-13-7-2-1-3-8-13/h1-3,6-8,10,12H,4-5,9,11H2,(H2,17,20). The second-order valence-electron chi connectivity index (χ2n) is 4.73. The molecule has 0 aliphatic carbocycles. The Morgan fingerprint density at radius 2 is 1.85 bits per heavy atom. The first-order valence-electron chi connectivity index (χ1n) is 6.71. The molecule has 0 atom stereocenters. The molecule has 1 aromatic carbocycles. The molecule has 20 heavy (non-hydrogen) atoms. The van der Waals surface area contributed by atoms with Gasteiger partial charge in [0.05, 0.1) is 5.56 Å². The number of thiocarbonyl (C=S) groups is 1. The van der Waals surface area contributed by atoms with E-state index < -0.39 is 0 Å². The summed E-state index contributed by atoms with van der Waals surface area (Å²) in [4.78, 5) is 12.2. The van der Waals surface area contributed by atoms with Gasteiger partial charge in [0.15, 0.2) is 0 Å². The molecule has 104 valence electrons. The van der Waals surface area contributed by atoms with Crippen LogP contribution in [0.2, 0.25) is 0 Å². The SMILES string of the molecule is NC(=S)c1cccn(CCCCc2ccccc2)c1=O. The molecule has 1 aromatic heterocycles. The number of hydrogen-bond donors (Lipinski definition) is 1. The molecule has 0 aliphatic heterocycles.